The second-order valence-corrected chi connectivity index (χ2v) is 7.02. The van der Waals surface area contributed by atoms with Gasteiger partial charge in [-0.3, -0.25) is 9.59 Å². The van der Waals surface area contributed by atoms with Crippen molar-refractivity contribution >= 4 is 11.8 Å². The van der Waals surface area contributed by atoms with Crippen LogP contribution in [0.1, 0.15) is 43.1 Å². The number of nitrogens with zero attached hydrogens (tertiary/aromatic N) is 1. The number of hydrogen-bond donors (Lipinski definition) is 1. The van der Waals surface area contributed by atoms with Crippen molar-refractivity contribution in [1.29, 1.82) is 0 Å². The van der Waals surface area contributed by atoms with Gasteiger partial charge in [0, 0.05) is 25.1 Å². The molecule has 1 aliphatic heterocycles. The van der Waals surface area contributed by atoms with Gasteiger partial charge >= 0.3 is 0 Å². The summed E-state index contributed by atoms with van der Waals surface area (Å²) in [5, 5.41) is 2.98. The first-order chi connectivity index (χ1) is 9.76. The number of likely N-dealkylation sites (tertiary alicyclic amines) is 1. The van der Waals surface area contributed by atoms with Crippen molar-refractivity contribution in [2.45, 2.75) is 40.2 Å². The second kappa shape index (κ2) is 5.88. The van der Waals surface area contributed by atoms with Crippen molar-refractivity contribution in [2.24, 2.45) is 5.41 Å². The molecule has 0 aromatic heterocycles. The molecule has 0 spiro atoms. The molecule has 1 heterocycles. The maximum absolute atomic E-state index is 12.3. The highest BCUT2D eigenvalue weighted by molar-refractivity contribution is 5.96. The first-order valence-corrected chi connectivity index (χ1v) is 7.40. The van der Waals surface area contributed by atoms with Gasteiger partial charge in [-0.15, -0.1) is 0 Å². The lowest BCUT2D eigenvalue weighted by Gasteiger charge is -2.26. The van der Waals surface area contributed by atoms with E-state index in [1.165, 1.54) is 0 Å². The molecule has 0 aliphatic carbocycles. The number of amides is 2. The quantitative estimate of drug-likeness (QED) is 0.928. The van der Waals surface area contributed by atoms with Crippen molar-refractivity contribution in [1.82, 2.24) is 10.2 Å². The van der Waals surface area contributed by atoms with Crippen LogP contribution >= 0.6 is 0 Å². The average Bonchev–Trinajstić information content (AvgIpc) is 2.67. The molecule has 4 nitrogen and oxygen atoms in total. The van der Waals surface area contributed by atoms with Gasteiger partial charge in [0.2, 0.25) is 5.91 Å². The Morgan fingerprint density at radius 3 is 2.62 bits per heavy atom. The van der Waals surface area contributed by atoms with E-state index in [2.05, 4.69) is 26.1 Å². The molecule has 1 saturated heterocycles. The van der Waals surface area contributed by atoms with Crippen LogP contribution in [0.3, 0.4) is 0 Å². The van der Waals surface area contributed by atoms with Gasteiger partial charge in [0.25, 0.3) is 5.91 Å². The summed E-state index contributed by atoms with van der Waals surface area (Å²) in [5.41, 5.74) is 1.70. The summed E-state index contributed by atoms with van der Waals surface area (Å²) in [6, 6.07) is 7.41. The van der Waals surface area contributed by atoms with Crippen LogP contribution in [0, 0.1) is 12.3 Å². The zero-order chi connectivity index (χ0) is 15.6. The molecule has 0 radical (unpaired) electrons. The number of carbonyl (C=O) groups excluding carboxylic acids is 2. The molecule has 1 aromatic carbocycles. The Kier molecular flexibility index (Phi) is 4.35. The minimum atomic E-state index is -0.0940. The monoisotopic (exact) mass is 288 g/mol. The minimum absolute atomic E-state index is 0.0740. The lowest BCUT2D eigenvalue weighted by Crippen LogP contribution is -2.39. The van der Waals surface area contributed by atoms with Crippen LogP contribution in [0.25, 0.3) is 0 Å². The summed E-state index contributed by atoms with van der Waals surface area (Å²) < 4.78 is 0. The topological polar surface area (TPSA) is 49.4 Å². The molecule has 21 heavy (non-hydrogen) atoms. The van der Waals surface area contributed by atoms with Gasteiger partial charge in [-0.1, -0.05) is 39.0 Å². The number of nitrogens with one attached hydrogen (secondary N) is 1. The lowest BCUT2D eigenvalue weighted by atomic mass is 9.96. The molecular formula is C17H24N2O2. The van der Waals surface area contributed by atoms with E-state index >= 15 is 0 Å². The third-order valence-corrected chi connectivity index (χ3v) is 3.60. The summed E-state index contributed by atoms with van der Waals surface area (Å²) in [7, 11) is 0. The van der Waals surface area contributed by atoms with Crippen LogP contribution in [0.4, 0.5) is 0 Å². The van der Waals surface area contributed by atoms with Crippen molar-refractivity contribution < 1.29 is 9.59 Å². The molecule has 2 amide bonds. The summed E-state index contributed by atoms with van der Waals surface area (Å²) in [5.74, 6) is 0.0310. The fourth-order valence-electron chi connectivity index (χ4n) is 2.69. The largest absolute Gasteiger partial charge is 0.347 e. The number of rotatable bonds is 3. The minimum Gasteiger partial charge on any atom is -0.347 e. The third-order valence-electron chi connectivity index (χ3n) is 3.60. The first kappa shape index (κ1) is 15.5. The second-order valence-electron chi connectivity index (χ2n) is 7.02. The summed E-state index contributed by atoms with van der Waals surface area (Å²) in [4.78, 5) is 26.2. The van der Waals surface area contributed by atoms with Crippen molar-refractivity contribution in [3.8, 4) is 0 Å². The fourth-order valence-corrected chi connectivity index (χ4v) is 2.69. The van der Waals surface area contributed by atoms with E-state index in [9.17, 15) is 9.59 Å². The van der Waals surface area contributed by atoms with E-state index in [4.69, 9.17) is 0 Å². The zero-order valence-electron chi connectivity index (χ0n) is 13.3. The van der Waals surface area contributed by atoms with Crippen LogP contribution in [0.2, 0.25) is 0 Å². The Bertz CT molecular complexity index is 546. The highest BCUT2D eigenvalue weighted by Gasteiger charge is 2.32. The van der Waals surface area contributed by atoms with Gasteiger partial charge < -0.3 is 10.2 Å². The fraction of sp³-hybridized carbons (Fsp3) is 0.529. The molecule has 0 bridgehead atoms. The molecule has 1 N–H and O–H groups in total. The predicted molar refractivity (Wildman–Crippen MR) is 83.1 cm³/mol. The van der Waals surface area contributed by atoms with Crippen molar-refractivity contribution in [3.05, 3.63) is 35.4 Å². The number of benzene rings is 1. The predicted octanol–water partition coefficient (Wildman–Crippen LogP) is 2.37. The number of hydrogen-bond acceptors (Lipinski definition) is 2. The van der Waals surface area contributed by atoms with Gasteiger partial charge in [0.15, 0.2) is 0 Å². The van der Waals surface area contributed by atoms with E-state index in [-0.39, 0.29) is 23.3 Å². The molecule has 2 rings (SSSR count). The van der Waals surface area contributed by atoms with E-state index in [0.717, 1.165) is 12.1 Å². The molecule has 1 fully saturated rings. The maximum Gasteiger partial charge on any atom is 0.251 e. The molecule has 1 aromatic rings. The molecule has 1 atom stereocenters. The molecule has 0 saturated carbocycles. The van der Waals surface area contributed by atoms with Crippen LogP contribution in [0.15, 0.2) is 24.3 Å². The van der Waals surface area contributed by atoms with Gasteiger partial charge in [0.1, 0.15) is 0 Å². The SMILES string of the molecule is Cc1ccccc1C(=O)N[C@H]1CC(=O)N(CC(C)(C)C)C1. The van der Waals surface area contributed by atoms with Crippen molar-refractivity contribution in [3.63, 3.8) is 0 Å². The molecule has 4 heteroatoms. The van der Waals surface area contributed by atoms with Crippen molar-refractivity contribution in [2.75, 3.05) is 13.1 Å². The Morgan fingerprint density at radius 1 is 1.33 bits per heavy atom. The van der Waals surface area contributed by atoms with Gasteiger partial charge in [0.05, 0.1) is 6.04 Å². The summed E-state index contributed by atoms with van der Waals surface area (Å²) in [6.45, 7) is 9.58. The third kappa shape index (κ3) is 4.06. The maximum atomic E-state index is 12.3. The Balaban J connectivity index is 1.98. The molecular weight excluding hydrogens is 264 g/mol. The van der Waals surface area contributed by atoms with E-state index < -0.39 is 0 Å². The lowest BCUT2D eigenvalue weighted by molar-refractivity contribution is -0.128. The summed E-state index contributed by atoms with van der Waals surface area (Å²) in [6.07, 6.45) is 0.397. The van der Waals surface area contributed by atoms with E-state index in [1.54, 1.807) is 0 Å². The number of carbonyl (C=O) groups is 2. The van der Waals surface area contributed by atoms with Crippen LogP contribution < -0.4 is 5.32 Å². The van der Waals surface area contributed by atoms with Gasteiger partial charge in [-0.25, -0.2) is 0 Å². The summed E-state index contributed by atoms with van der Waals surface area (Å²) >= 11 is 0. The van der Waals surface area contributed by atoms with Crippen LogP contribution in [-0.2, 0) is 4.79 Å². The molecule has 0 unspecified atom stereocenters. The van der Waals surface area contributed by atoms with Gasteiger partial charge in [-0.2, -0.15) is 0 Å². The first-order valence-electron chi connectivity index (χ1n) is 7.40. The highest BCUT2D eigenvalue weighted by Crippen LogP contribution is 2.20. The highest BCUT2D eigenvalue weighted by atomic mass is 16.2. The molecule has 1 aliphatic rings. The smallest absolute Gasteiger partial charge is 0.251 e. The van der Waals surface area contributed by atoms with Gasteiger partial charge in [-0.05, 0) is 24.0 Å². The Morgan fingerprint density at radius 2 is 2.00 bits per heavy atom. The standard InChI is InChI=1S/C17H24N2O2/c1-12-7-5-6-8-14(12)16(21)18-13-9-15(20)19(10-13)11-17(2,3)4/h5-8,13H,9-11H2,1-4H3,(H,18,21)/t13-/m0/s1. The molecule has 114 valence electrons. The number of aryl methyl sites for hydroxylation is 1. The van der Waals surface area contributed by atoms with E-state index in [1.807, 2.05) is 36.1 Å². The zero-order valence-corrected chi connectivity index (χ0v) is 13.3. The normalized spacial score (nSPS) is 19.0. The van der Waals surface area contributed by atoms with Crippen LogP contribution in [-0.4, -0.2) is 35.8 Å². The van der Waals surface area contributed by atoms with E-state index in [0.29, 0.717) is 18.5 Å². The average molecular weight is 288 g/mol. The Labute approximate surface area is 126 Å². The van der Waals surface area contributed by atoms with Crippen LogP contribution in [0.5, 0.6) is 0 Å². The Hall–Kier alpha value is -1.84.